The summed E-state index contributed by atoms with van der Waals surface area (Å²) in [5.74, 6) is -0.978. The van der Waals surface area contributed by atoms with Crippen molar-refractivity contribution in [3.63, 3.8) is 0 Å². The quantitative estimate of drug-likeness (QED) is 0.698. The number of anilines is 2. The first-order valence-corrected chi connectivity index (χ1v) is 9.58. The highest BCUT2D eigenvalue weighted by atomic mass is 19.3. The Kier molecular flexibility index (Phi) is 5.63. The van der Waals surface area contributed by atoms with Crippen molar-refractivity contribution in [2.24, 2.45) is 0 Å². The Bertz CT molecular complexity index is 913. The number of rotatable bonds is 5. The fraction of sp³-hybridized carbons (Fsp3) is 0.333. The summed E-state index contributed by atoms with van der Waals surface area (Å²) in [7, 11) is 0. The first-order chi connectivity index (χ1) is 14.4. The number of benzene rings is 2. The Morgan fingerprint density at radius 3 is 2.07 bits per heavy atom. The highest BCUT2D eigenvalue weighted by Gasteiger charge is 2.43. The second kappa shape index (κ2) is 8.35. The van der Waals surface area contributed by atoms with Crippen molar-refractivity contribution in [3.05, 3.63) is 54.3 Å². The number of carbonyl (C=O) groups excluding carboxylic acids is 2. The first-order valence-electron chi connectivity index (χ1n) is 9.58. The number of piperazine rings is 1. The number of halogens is 3. The van der Waals surface area contributed by atoms with Gasteiger partial charge in [0.15, 0.2) is 0 Å². The van der Waals surface area contributed by atoms with E-state index < -0.39 is 12.7 Å². The van der Waals surface area contributed by atoms with Crippen LogP contribution < -0.4 is 14.5 Å². The average Bonchev–Trinajstić information content (AvgIpc) is 3.03. The lowest BCUT2D eigenvalue weighted by Gasteiger charge is -2.38. The van der Waals surface area contributed by atoms with Gasteiger partial charge < -0.3 is 9.64 Å². The summed E-state index contributed by atoms with van der Waals surface area (Å²) in [5.41, 5.74) is 1.25. The highest BCUT2D eigenvalue weighted by molar-refractivity contribution is 6.22. The summed E-state index contributed by atoms with van der Waals surface area (Å²) in [5, 5.41) is 0. The van der Waals surface area contributed by atoms with Crippen LogP contribution in [0.4, 0.5) is 24.5 Å². The molecule has 0 spiro atoms. The lowest BCUT2D eigenvalue weighted by atomic mass is 10.1. The van der Waals surface area contributed by atoms with E-state index in [1.807, 2.05) is 4.90 Å². The Labute approximate surface area is 171 Å². The van der Waals surface area contributed by atoms with Crippen molar-refractivity contribution in [2.75, 3.05) is 36.0 Å². The van der Waals surface area contributed by atoms with E-state index in [2.05, 4.69) is 9.64 Å². The minimum atomic E-state index is -2.94. The maximum Gasteiger partial charge on any atom is 0.387 e. The molecule has 0 unspecified atom stereocenters. The molecule has 2 aromatic rings. The molecule has 0 N–H and O–H groups in total. The second-order valence-corrected chi connectivity index (χ2v) is 7.16. The van der Waals surface area contributed by atoms with Crippen LogP contribution in [0.15, 0.2) is 48.5 Å². The zero-order valence-corrected chi connectivity index (χ0v) is 16.0. The van der Waals surface area contributed by atoms with Crippen molar-refractivity contribution < 1.29 is 27.5 Å². The second-order valence-electron chi connectivity index (χ2n) is 7.16. The van der Waals surface area contributed by atoms with Crippen LogP contribution in [-0.4, -0.2) is 55.5 Å². The summed E-state index contributed by atoms with van der Waals surface area (Å²) in [4.78, 5) is 30.6. The van der Waals surface area contributed by atoms with E-state index >= 15 is 0 Å². The SMILES string of the molecule is O=C1C[C@@H](N2CCN(c3ccc(F)cc3)CC2)C(=O)N1c1ccc(OC(F)F)cc1. The standard InChI is InChI=1S/C21H20F3N3O3/c22-14-1-3-15(4-2-14)25-9-11-26(12-10-25)18-13-19(28)27(20(18)29)16-5-7-17(8-6-16)30-21(23)24/h1-8,18,21H,9-13H2/t18-/m1/s1. The maximum absolute atomic E-state index is 13.1. The molecule has 158 valence electrons. The van der Waals surface area contributed by atoms with Crippen LogP contribution >= 0.6 is 0 Å². The minimum absolute atomic E-state index is 0.0405. The third-order valence-corrected chi connectivity index (χ3v) is 5.39. The Morgan fingerprint density at radius 1 is 0.867 bits per heavy atom. The molecule has 0 bridgehead atoms. The Hall–Kier alpha value is -3.07. The smallest absolute Gasteiger partial charge is 0.387 e. The number of amides is 2. The topological polar surface area (TPSA) is 53.1 Å². The third-order valence-electron chi connectivity index (χ3n) is 5.39. The van der Waals surface area contributed by atoms with Gasteiger partial charge in [0.1, 0.15) is 11.6 Å². The summed E-state index contributed by atoms with van der Waals surface area (Å²) in [6.07, 6.45) is 0.0741. The number of carbonyl (C=O) groups is 2. The first kappa shape index (κ1) is 20.2. The van der Waals surface area contributed by atoms with Crippen molar-refractivity contribution in [2.45, 2.75) is 19.1 Å². The fourth-order valence-electron chi connectivity index (χ4n) is 3.89. The van der Waals surface area contributed by atoms with Gasteiger partial charge in [0, 0.05) is 31.9 Å². The van der Waals surface area contributed by atoms with Crippen molar-refractivity contribution in [1.29, 1.82) is 0 Å². The summed E-state index contributed by atoms with van der Waals surface area (Å²) < 4.78 is 42.0. The molecule has 2 amide bonds. The molecule has 9 heteroatoms. The van der Waals surface area contributed by atoms with Crippen LogP contribution in [0.3, 0.4) is 0 Å². The fourth-order valence-corrected chi connectivity index (χ4v) is 3.89. The summed E-state index contributed by atoms with van der Waals surface area (Å²) in [6.45, 7) is -0.442. The largest absolute Gasteiger partial charge is 0.435 e. The number of hydrogen-bond acceptors (Lipinski definition) is 5. The van der Waals surface area contributed by atoms with Gasteiger partial charge in [-0.15, -0.1) is 0 Å². The number of alkyl halides is 2. The molecule has 0 saturated carbocycles. The predicted octanol–water partition coefficient (Wildman–Crippen LogP) is 2.88. The van der Waals surface area contributed by atoms with Crippen LogP contribution in [0.2, 0.25) is 0 Å². The molecule has 0 aliphatic carbocycles. The molecule has 6 nitrogen and oxygen atoms in total. The van der Waals surface area contributed by atoms with E-state index in [-0.39, 0.29) is 29.8 Å². The molecule has 1 atom stereocenters. The molecule has 0 aromatic heterocycles. The van der Waals surface area contributed by atoms with Gasteiger partial charge in [0.25, 0.3) is 5.91 Å². The van der Waals surface area contributed by atoms with Crippen molar-refractivity contribution in [3.8, 4) is 5.75 Å². The van der Waals surface area contributed by atoms with Gasteiger partial charge in [0.2, 0.25) is 5.91 Å². The normalized spacial score (nSPS) is 20.3. The Balaban J connectivity index is 1.40. The number of hydrogen-bond donors (Lipinski definition) is 0. The van der Waals surface area contributed by atoms with E-state index in [4.69, 9.17) is 0 Å². The van der Waals surface area contributed by atoms with Gasteiger partial charge in [-0.05, 0) is 48.5 Å². The van der Waals surface area contributed by atoms with Crippen LogP contribution in [-0.2, 0) is 9.59 Å². The van der Waals surface area contributed by atoms with Gasteiger partial charge in [-0.25, -0.2) is 9.29 Å². The van der Waals surface area contributed by atoms with Gasteiger partial charge in [-0.3, -0.25) is 14.5 Å². The molecule has 2 heterocycles. The zero-order chi connectivity index (χ0) is 21.3. The molecule has 2 aromatic carbocycles. The zero-order valence-electron chi connectivity index (χ0n) is 16.0. The number of imide groups is 1. The third kappa shape index (κ3) is 4.11. The molecule has 2 aliphatic rings. The van der Waals surface area contributed by atoms with E-state index in [0.29, 0.717) is 31.9 Å². The maximum atomic E-state index is 13.1. The Morgan fingerprint density at radius 2 is 1.47 bits per heavy atom. The van der Waals surface area contributed by atoms with Gasteiger partial charge in [0.05, 0.1) is 18.2 Å². The molecular formula is C21H20F3N3O3. The van der Waals surface area contributed by atoms with Gasteiger partial charge in [-0.2, -0.15) is 8.78 Å². The molecule has 2 fully saturated rings. The van der Waals surface area contributed by atoms with Crippen LogP contribution in [0, 0.1) is 5.82 Å². The lowest BCUT2D eigenvalue weighted by Crippen LogP contribution is -2.52. The van der Waals surface area contributed by atoms with Gasteiger partial charge >= 0.3 is 6.61 Å². The molecule has 30 heavy (non-hydrogen) atoms. The number of nitrogens with zero attached hydrogens (tertiary/aromatic N) is 3. The minimum Gasteiger partial charge on any atom is -0.435 e. The molecule has 0 radical (unpaired) electrons. The molecule has 2 saturated heterocycles. The van der Waals surface area contributed by atoms with E-state index in [1.165, 1.54) is 36.4 Å². The van der Waals surface area contributed by atoms with Gasteiger partial charge in [-0.1, -0.05) is 0 Å². The van der Waals surface area contributed by atoms with Crippen LogP contribution in [0.25, 0.3) is 0 Å². The van der Waals surface area contributed by atoms with E-state index in [1.54, 1.807) is 12.1 Å². The molecule has 4 rings (SSSR count). The molecule has 2 aliphatic heterocycles. The lowest BCUT2D eigenvalue weighted by molar-refractivity contribution is -0.123. The van der Waals surface area contributed by atoms with Crippen molar-refractivity contribution in [1.82, 2.24) is 4.90 Å². The van der Waals surface area contributed by atoms with E-state index in [0.717, 1.165) is 10.6 Å². The summed E-state index contributed by atoms with van der Waals surface area (Å²) >= 11 is 0. The number of ether oxygens (including phenoxy) is 1. The van der Waals surface area contributed by atoms with Crippen LogP contribution in [0.5, 0.6) is 5.75 Å². The van der Waals surface area contributed by atoms with E-state index in [9.17, 15) is 22.8 Å². The predicted molar refractivity (Wildman–Crippen MR) is 104 cm³/mol. The molecular weight excluding hydrogens is 399 g/mol. The average molecular weight is 419 g/mol. The van der Waals surface area contributed by atoms with Crippen LogP contribution in [0.1, 0.15) is 6.42 Å². The highest BCUT2D eigenvalue weighted by Crippen LogP contribution is 2.29. The summed E-state index contributed by atoms with van der Waals surface area (Å²) in [6, 6.07) is 11.2. The monoisotopic (exact) mass is 419 g/mol. The van der Waals surface area contributed by atoms with Crippen molar-refractivity contribution >= 4 is 23.2 Å².